The zero-order valence-corrected chi connectivity index (χ0v) is 10.5. The van der Waals surface area contributed by atoms with Gasteiger partial charge in [-0.25, -0.2) is 0 Å². The number of halogens is 1. The van der Waals surface area contributed by atoms with Crippen LogP contribution in [-0.4, -0.2) is 25.5 Å². The predicted molar refractivity (Wildman–Crippen MR) is 70.4 cm³/mol. The third-order valence-electron chi connectivity index (χ3n) is 2.97. The third kappa shape index (κ3) is 2.47. The third-order valence-corrected chi connectivity index (χ3v) is 3.38. The first kappa shape index (κ1) is 12.0. The Labute approximate surface area is 106 Å². The van der Waals surface area contributed by atoms with Crippen LogP contribution in [0.3, 0.4) is 0 Å². The number of anilines is 2. The van der Waals surface area contributed by atoms with E-state index in [4.69, 9.17) is 17.3 Å². The van der Waals surface area contributed by atoms with Crippen LogP contribution >= 0.6 is 11.6 Å². The Morgan fingerprint density at radius 1 is 1.47 bits per heavy atom. The van der Waals surface area contributed by atoms with Crippen molar-refractivity contribution in [3.8, 4) is 0 Å². The predicted octanol–water partition coefficient (Wildman–Crippen LogP) is 1.56. The van der Waals surface area contributed by atoms with E-state index in [0.29, 0.717) is 17.3 Å². The number of carbonyl (C=O) groups excluding carboxylic acids is 1. The van der Waals surface area contributed by atoms with Crippen molar-refractivity contribution >= 4 is 28.9 Å². The SMILES string of the molecule is Cc1c(Cl)ccc(N)c1N1CCCNC(=O)C1. The van der Waals surface area contributed by atoms with Gasteiger partial charge in [-0.05, 0) is 31.0 Å². The van der Waals surface area contributed by atoms with Crippen molar-refractivity contribution in [2.75, 3.05) is 30.3 Å². The molecular weight excluding hydrogens is 238 g/mol. The molecular formula is C12H16ClN3O. The highest BCUT2D eigenvalue weighted by atomic mass is 35.5. The molecule has 1 heterocycles. The van der Waals surface area contributed by atoms with Gasteiger partial charge in [0.15, 0.2) is 0 Å². The number of rotatable bonds is 1. The lowest BCUT2D eigenvalue weighted by Gasteiger charge is -2.25. The summed E-state index contributed by atoms with van der Waals surface area (Å²) in [7, 11) is 0. The van der Waals surface area contributed by atoms with Gasteiger partial charge in [-0.2, -0.15) is 0 Å². The molecule has 1 fully saturated rings. The number of benzene rings is 1. The van der Waals surface area contributed by atoms with Crippen LogP contribution in [0.2, 0.25) is 5.02 Å². The van der Waals surface area contributed by atoms with Gasteiger partial charge < -0.3 is 16.0 Å². The van der Waals surface area contributed by atoms with Crippen molar-refractivity contribution in [2.45, 2.75) is 13.3 Å². The molecule has 0 radical (unpaired) electrons. The molecule has 1 saturated heterocycles. The minimum absolute atomic E-state index is 0.0290. The summed E-state index contributed by atoms with van der Waals surface area (Å²) in [5.74, 6) is 0.0290. The molecule has 0 aliphatic carbocycles. The number of nitrogens with zero attached hydrogens (tertiary/aromatic N) is 1. The van der Waals surface area contributed by atoms with E-state index in [2.05, 4.69) is 5.32 Å². The van der Waals surface area contributed by atoms with E-state index >= 15 is 0 Å². The second-order valence-corrected chi connectivity index (χ2v) is 4.64. The summed E-state index contributed by atoms with van der Waals surface area (Å²) in [5, 5.41) is 3.52. The van der Waals surface area contributed by atoms with Gasteiger partial charge in [0, 0.05) is 18.1 Å². The van der Waals surface area contributed by atoms with Crippen LogP contribution in [0.1, 0.15) is 12.0 Å². The van der Waals surface area contributed by atoms with E-state index in [1.165, 1.54) is 0 Å². The first-order valence-corrected chi connectivity index (χ1v) is 6.03. The first-order valence-electron chi connectivity index (χ1n) is 5.66. The molecule has 17 heavy (non-hydrogen) atoms. The number of nitrogen functional groups attached to an aromatic ring is 1. The Balaban J connectivity index is 2.38. The number of hydrogen-bond donors (Lipinski definition) is 2. The lowest BCUT2D eigenvalue weighted by molar-refractivity contribution is -0.119. The van der Waals surface area contributed by atoms with Crippen molar-refractivity contribution in [1.82, 2.24) is 5.32 Å². The molecule has 0 atom stereocenters. The highest BCUT2D eigenvalue weighted by molar-refractivity contribution is 6.32. The minimum Gasteiger partial charge on any atom is -0.397 e. The standard InChI is InChI=1S/C12H16ClN3O/c1-8-9(13)3-4-10(14)12(8)16-6-2-5-15-11(17)7-16/h3-4H,2,5-7,14H2,1H3,(H,15,17). The summed E-state index contributed by atoms with van der Waals surface area (Å²) in [6.07, 6.45) is 0.914. The Kier molecular flexibility index (Phi) is 3.43. The second kappa shape index (κ2) is 4.84. The summed E-state index contributed by atoms with van der Waals surface area (Å²) in [6, 6.07) is 3.57. The molecule has 0 aromatic heterocycles. The monoisotopic (exact) mass is 253 g/mol. The zero-order valence-electron chi connectivity index (χ0n) is 9.79. The van der Waals surface area contributed by atoms with Gasteiger partial charge in [-0.1, -0.05) is 11.6 Å². The molecule has 2 rings (SSSR count). The molecule has 1 aliphatic heterocycles. The minimum atomic E-state index is 0.0290. The van der Waals surface area contributed by atoms with Crippen molar-refractivity contribution in [2.24, 2.45) is 0 Å². The maximum absolute atomic E-state index is 11.5. The molecule has 0 unspecified atom stereocenters. The van der Waals surface area contributed by atoms with Crippen LogP contribution in [0.15, 0.2) is 12.1 Å². The Morgan fingerprint density at radius 3 is 3.00 bits per heavy atom. The topological polar surface area (TPSA) is 58.4 Å². The summed E-state index contributed by atoms with van der Waals surface area (Å²) in [4.78, 5) is 13.5. The fourth-order valence-electron chi connectivity index (χ4n) is 2.11. The lowest BCUT2D eigenvalue weighted by atomic mass is 10.1. The first-order chi connectivity index (χ1) is 8.09. The van der Waals surface area contributed by atoms with Crippen molar-refractivity contribution in [1.29, 1.82) is 0 Å². The van der Waals surface area contributed by atoms with E-state index in [1.54, 1.807) is 12.1 Å². The number of nitrogens with two attached hydrogens (primary N) is 1. The number of carbonyl (C=O) groups is 1. The molecule has 0 spiro atoms. The fraction of sp³-hybridized carbons (Fsp3) is 0.417. The van der Waals surface area contributed by atoms with Crippen LogP contribution in [0, 0.1) is 6.92 Å². The highest BCUT2D eigenvalue weighted by Crippen LogP contribution is 2.32. The number of hydrogen-bond acceptors (Lipinski definition) is 3. The van der Waals surface area contributed by atoms with Gasteiger partial charge in [-0.3, -0.25) is 4.79 Å². The zero-order chi connectivity index (χ0) is 12.4. The highest BCUT2D eigenvalue weighted by Gasteiger charge is 2.19. The Bertz CT molecular complexity index is 448. The summed E-state index contributed by atoms with van der Waals surface area (Å²) < 4.78 is 0. The summed E-state index contributed by atoms with van der Waals surface area (Å²) in [5.41, 5.74) is 8.47. The second-order valence-electron chi connectivity index (χ2n) is 4.24. The van der Waals surface area contributed by atoms with E-state index in [9.17, 15) is 4.79 Å². The normalized spacial score (nSPS) is 16.6. The Hall–Kier alpha value is -1.42. The largest absolute Gasteiger partial charge is 0.397 e. The number of nitrogens with one attached hydrogen (secondary N) is 1. The molecule has 1 aromatic rings. The number of amides is 1. The van der Waals surface area contributed by atoms with E-state index in [-0.39, 0.29) is 5.91 Å². The van der Waals surface area contributed by atoms with Gasteiger partial charge in [0.2, 0.25) is 5.91 Å². The molecule has 4 nitrogen and oxygen atoms in total. The molecule has 0 bridgehead atoms. The van der Waals surface area contributed by atoms with Gasteiger partial charge in [0.25, 0.3) is 0 Å². The van der Waals surface area contributed by atoms with Crippen LogP contribution in [0.25, 0.3) is 0 Å². The maximum atomic E-state index is 11.5. The summed E-state index contributed by atoms with van der Waals surface area (Å²) >= 11 is 6.10. The fourth-order valence-corrected chi connectivity index (χ4v) is 2.27. The molecule has 0 saturated carbocycles. The average molecular weight is 254 g/mol. The Morgan fingerprint density at radius 2 is 2.24 bits per heavy atom. The molecule has 92 valence electrons. The molecule has 5 heteroatoms. The van der Waals surface area contributed by atoms with Crippen molar-refractivity contribution in [3.05, 3.63) is 22.7 Å². The smallest absolute Gasteiger partial charge is 0.239 e. The van der Waals surface area contributed by atoms with Crippen molar-refractivity contribution in [3.63, 3.8) is 0 Å². The van der Waals surface area contributed by atoms with Crippen LogP contribution in [0.4, 0.5) is 11.4 Å². The molecule has 1 aliphatic rings. The van der Waals surface area contributed by atoms with Crippen LogP contribution < -0.4 is 16.0 Å². The molecule has 1 aromatic carbocycles. The van der Waals surface area contributed by atoms with Crippen LogP contribution in [0.5, 0.6) is 0 Å². The lowest BCUT2D eigenvalue weighted by Crippen LogP contribution is -2.33. The van der Waals surface area contributed by atoms with Crippen LogP contribution in [-0.2, 0) is 4.79 Å². The van der Waals surface area contributed by atoms with Gasteiger partial charge in [-0.15, -0.1) is 0 Å². The average Bonchev–Trinajstić information content (AvgIpc) is 2.49. The van der Waals surface area contributed by atoms with Gasteiger partial charge >= 0.3 is 0 Å². The quantitative estimate of drug-likeness (QED) is 0.747. The van der Waals surface area contributed by atoms with E-state index in [1.807, 2.05) is 11.8 Å². The van der Waals surface area contributed by atoms with E-state index < -0.39 is 0 Å². The summed E-state index contributed by atoms with van der Waals surface area (Å²) in [6.45, 7) is 3.79. The molecule has 3 N–H and O–H groups in total. The van der Waals surface area contributed by atoms with Gasteiger partial charge in [0.05, 0.1) is 17.9 Å². The van der Waals surface area contributed by atoms with E-state index in [0.717, 1.165) is 30.8 Å². The van der Waals surface area contributed by atoms with Gasteiger partial charge in [0.1, 0.15) is 0 Å². The molecule has 1 amide bonds. The van der Waals surface area contributed by atoms with Crippen molar-refractivity contribution < 1.29 is 4.79 Å². The maximum Gasteiger partial charge on any atom is 0.239 e.